The van der Waals surface area contributed by atoms with Gasteiger partial charge in [0.1, 0.15) is 6.10 Å². The molecule has 4 aliphatic carbocycles. The predicted octanol–water partition coefficient (Wildman–Crippen LogP) is 5.74. The van der Waals surface area contributed by atoms with Crippen LogP contribution in [0, 0.1) is 28.6 Å². The Labute approximate surface area is 174 Å². The van der Waals surface area contributed by atoms with Crippen molar-refractivity contribution in [3.63, 3.8) is 0 Å². The number of fused-ring (bicyclic) bond motifs is 5. The summed E-state index contributed by atoms with van der Waals surface area (Å²) in [5, 5.41) is 0. The Morgan fingerprint density at radius 1 is 1.00 bits per heavy atom. The highest BCUT2D eigenvalue weighted by Gasteiger charge is 2.59. The average Bonchev–Trinajstić information content (AvgIpc) is 2.92. The van der Waals surface area contributed by atoms with Crippen molar-refractivity contribution in [1.82, 2.24) is 0 Å². The minimum atomic E-state index is -0.874. The standard InChI is InChI=1S/C25H35FO3/c1-14-10-18-19(24(4)8-6-17(12-20(14)24)29-16(3)27)7-9-25(5)21(18)11-15(2)23(25)22(28)13-26/h17-19,21H,6-13H2,1-5H3/t17?,18-,19+,21+,24-,25+/m1/s1. The summed E-state index contributed by atoms with van der Waals surface area (Å²) in [6.07, 6.45) is 6.95. The molecular formula is C25H35FO3. The maximum atomic E-state index is 13.3. The van der Waals surface area contributed by atoms with Gasteiger partial charge < -0.3 is 4.74 Å². The third-order valence-corrected chi connectivity index (χ3v) is 9.07. The Morgan fingerprint density at radius 2 is 1.69 bits per heavy atom. The highest BCUT2D eigenvalue weighted by atomic mass is 19.1. The number of carbonyl (C=O) groups is 2. The fourth-order valence-corrected chi connectivity index (χ4v) is 7.97. The predicted molar refractivity (Wildman–Crippen MR) is 111 cm³/mol. The number of ketones is 1. The van der Waals surface area contributed by atoms with Crippen molar-refractivity contribution in [2.75, 3.05) is 6.67 Å². The summed E-state index contributed by atoms with van der Waals surface area (Å²) in [4.78, 5) is 23.9. The van der Waals surface area contributed by atoms with Crippen LogP contribution in [-0.2, 0) is 14.3 Å². The number of alkyl halides is 1. The van der Waals surface area contributed by atoms with Crippen molar-refractivity contribution in [2.45, 2.75) is 85.7 Å². The molecule has 6 atom stereocenters. The van der Waals surface area contributed by atoms with Gasteiger partial charge in [-0.15, -0.1) is 0 Å². The third-order valence-electron chi connectivity index (χ3n) is 9.07. The zero-order chi connectivity index (χ0) is 21.1. The number of esters is 1. The van der Waals surface area contributed by atoms with E-state index in [0.717, 1.165) is 56.1 Å². The summed E-state index contributed by atoms with van der Waals surface area (Å²) in [6, 6.07) is 0. The SMILES string of the molecule is CC(=O)OC1CC[C@@]2(C)C(=C(C)C[C@@H]3[C@@H]2CC[C@]2(C)C(C(=O)CF)=C(C)C[C@@H]32)C1. The van der Waals surface area contributed by atoms with Gasteiger partial charge in [0.05, 0.1) is 0 Å². The largest absolute Gasteiger partial charge is 0.462 e. The van der Waals surface area contributed by atoms with Crippen LogP contribution in [-0.4, -0.2) is 24.5 Å². The van der Waals surface area contributed by atoms with Crippen LogP contribution in [0.15, 0.2) is 22.3 Å². The van der Waals surface area contributed by atoms with Crippen molar-refractivity contribution in [3.8, 4) is 0 Å². The van der Waals surface area contributed by atoms with Gasteiger partial charge in [0.25, 0.3) is 0 Å². The molecule has 0 aromatic heterocycles. The molecule has 0 heterocycles. The zero-order valence-corrected chi connectivity index (χ0v) is 18.6. The summed E-state index contributed by atoms with van der Waals surface area (Å²) in [5.74, 6) is 1.11. The fraction of sp³-hybridized carbons (Fsp3) is 0.760. The van der Waals surface area contributed by atoms with Gasteiger partial charge in [-0.1, -0.05) is 30.6 Å². The molecule has 2 fully saturated rings. The third kappa shape index (κ3) is 3.04. The lowest BCUT2D eigenvalue weighted by Crippen LogP contribution is -2.51. The minimum Gasteiger partial charge on any atom is -0.462 e. The lowest BCUT2D eigenvalue weighted by atomic mass is 9.46. The first-order valence-corrected chi connectivity index (χ1v) is 11.3. The van der Waals surface area contributed by atoms with Crippen LogP contribution in [0.1, 0.15) is 79.6 Å². The second kappa shape index (κ2) is 7.06. The normalized spacial score (nSPS) is 41.6. The number of ether oxygens (including phenoxy) is 1. The van der Waals surface area contributed by atoms with Crippen LogP contribution >= 0.6 is 0 Å². The molecule has 3 nitrogen and oxygen atoms in total. The van der Waals surface area contributed by atoms with E-state index in [1.807, 2.05) is 6.92 Å². The molecule has 1 unspecified atom stereocenters. The summed E-state index contributed by atoms with van der Waals surface area (Å²) in [6.45, 7) is 9.58. The number of hydrogen-bond acceptors (Lipinski definition) is 3. The van der Waals surface area contributed by atoms with Gasteiger partial charge in [-0.2, -0.15) is 0 Å². The number of hydrogen-bond donors (Lipinski definition) is 0. The number of allylic oxidation sites excluding steroid dienone is 3. The van der Waals surface area contributed by atoms with Crippen molar-refractivity contribution in [1.29, 1.82) is 0 Å². The van der Waals surface area contributed by atoms with Gasteiger partial charge in [0.2, 0.25) is 0 Å². The first-order valence-electron chi connectivity index (χ1n) is 11.3. The van der Waals surface area contributed by atoms with E-state index in [4.69, 9.17) is 4.74 Å². The average molecular weight is 403 g/mol. The second-order valence-electron chi connectivity index (χ2n) is 10.6. The molecule has 0 aliphatic heterocycles. The molecule has 4 heteroatoms. The maximum absolute atomic E-state index is 13.3. The van der Waals surface area contributed by atoms with Gasteiger partial charge in [-0.3, -0.25) is 9.59 Å². The van der Waals surface area contributed by atoms with Crippen LogP contribution in [0.25, 0.3) is 0 Å². The number of Topliss-reactive ketones (excluding diaryl/α,β-unsaturated/α-hetero) is 1. The van der Waals surface area contributed by atoms with Crippen molar-refractivity contribution in [2.24, 2.45) is 28.6 Å². The van der Waals surface area contributed by atoms with Gasteiger partial charge in [0, 0.05) is 18.9 Å². The molecule has 0 spiro atoms. The van der Waals surface area contributed by atoms with E-state index in [1.54, 1.807) is 0 Å². The van der Waals surface area contributed by atoms with E-state index in [-0.39, 0.29) is 28.7 Å². The fourth-order valence-electron chi connectivity index (χ4n) is 7.97. The molecule has 0 bridgehead atoms. The van der Waals surface area contributed by atoms with E-state index in [0.29, 0.717) is 17.8 Å². The van der Waals surface area contributed by atoms with Crippen LogP contribution in [0.2, 0.25) is 0 Å². The van der Waals surface area contributed by atoms with E-state index < -0.39 is 6.67 Å². The van der Waals surface area contributed by atoms with Gasteiger partial charge in [-0.05, 0) is 81.0 Å². The molecular weight excluding hydrogens is 367 g/mol. The monoisotopic (exact) mass is 402 g/mol. The maximum Gasteiger partial charge on any atom is 0.302 e. The highest BCUT2D eigenvalue weighted by Crippen LogP contribution is 2.67. The number of carbonyl (C=O) groups excluding carboxylic acids is 2. The Bertz CT molecular complexity index is 809. The number of halogens is 1. The molecule has 4 aliphatic rings. The first-order chi connectivity index (χ1) is 13.6. The minimum absolute atomic E-state index is 0.0140. The smallest absolute Gasteiger partial charge is 0.302 e. The summed E-state index contributed by atoms with van der Waals surface area (Å²) >= 11 is 0. The molecule has 0 aromatic carbocycles. The first kappa shape index (κ1) is 20.8. The molecule has 160 valence electrons. The van der Waals surface area contributed by atoms with Gasteiger partial charge in [0.15, 0.2) is 12.5 Å². The van der Waals surface area contributed by atoms with E-state index in [1.165, 1.54) is 18.1 Å². The quantitative estimate of drug-likeness (QED) is 0.447. The van der Waals surface area contributed by atoms with Crippen molar-refractivity contribution >= 4 is 11.8 Å². The summed E-state index contributed by atoms with van der Waals surface area (Å²) < 4.78 is 18.9. The molecule has 0 N–H and O–H groups in total. The van der Waals surface area contributed by atoms with Crippen LogP contribution < -0.4 is 0 Å². The summed E-state index contributed by atoms with van der Waals surface area (Å²) in [7, 11) is 0. The van der Waals surface area contributed by atoms with E-state index in [2.05, 4.69) is 20.8 Å². The Morgan fingerprint density at radius 3 is 2.34 bits per heavy atom. The highest BCUT2D eigenvalue weighted by molar-refractivity contribution is 5.99. The Hall–Kier alpha value is -1.45. The van der Waals surface area contributed by atoms with Crippen molar-refractivity contribution in [3.05, 3.63) is 22.3 Å². The molecule has 0 amide bonds. The van der Waals surface area contributed by atoms with E-state index >= 15 is 0 Å². The lowest BCUT2D eigenvalue weighted by Gasteiger charge is -2.58. The zero-order valence-electron chi connectivity index (χ0n) is 18.6. The van der Waals surface area contributed by atoms with E-state index in [9.17, 15) is 14.0 Å². The molecule has 2 saturated carbocycles. The lowest BCUT2D eigenvalue weighted by molar-refractivity contribution is -0.148. The van der Waals surface area contributed by atoms with Crippen LogP contribution in [0.5, 0.6) is 0 Å². The molecule has 0 aromatic rings. The summed E-state index contributed by atoms with van der Waals surface area (Å²) in [5.41, 5.74) is 4.89. The second-order valence-corrected chi connectivity index (χ2v) is 10.6. The number of rotatable bonds is 3. The van der Waals surface area contributed by atoms with Crippen molar-refractivity contribution < 1.29 is 18.7 Å². The topological polar surface area (TPSA) is 43.4 Å². The van der Waals surface area contributed by atoms with Crippen LogP contribution in [0.3, 0.4) is 0 Å². The van der Waals surface area contributed by atoms with Gasteiger partial charge >= 0.3 is 5.97 Å². The molecule has 0 saturated heterocycles. The molecule has 0 radical (unpaired) electrons. The Kier molecular flexibility index (Phi) is 5.07. The molecule has 29 heavy (non-hydrogen) atoms. The van der Waals surface area contributed by atoms with Gasteiger partial charge in [-0.25, -0.2) is 4.39 Å². The Balaban J connectivity index is 1.66. The van der Waals surface area contributed by atoms with Crippen LogP contribution in [0.4, 0.5) is 4.39 Å². The molecule has 4 rings (SSSR count).